The Balaban J connectivity index is 2.21. The highest BCUT2D eigenvalue weighted by molar-refractivity contribution is 6.83. The van der Waals surface area contributed by atoms with Crippen molar-refractivity contribution in [2.75, 3.05) is 20.3 Å². The van der Waals surface area contributed by atoms with Gasteiger partial charge >= 0.3 is 0 Å². The molecule has 0 amide bonds. The molecule has 2 rings (SSSR count). The smallest absolute Gasteiger partial charge is 0.0798 e. The Bertz CT molecular complexity index is 341. The van der Waals surface area contributed by atoms with E-state index >= 15 is 0 Å². The van der Waals surface area contributed by atoms with Crippen LogP contribution in [0.3, 0.4) is 0 Å². The zero-order valence-electron chi connectivity index (χ0n) is 11.6. The summed E-state index contributed by atoms with van der Waals surface area (Å²) in [5.74, 6) is 0. The van der Waals surface area contributed by atoms with Crippen LogP contribution in [0.25, 0.3) is 0 Å². The lowest BCUT2D eigenvalue weighted by atomic mass is 10.2. The number of rotatable bonds is 4. The molecule has 1 fully saturated rings. The Kier molecular flexibility index (Phi) is 3.78. The summed E-state index contributed by atoms with van der Waals surface area (Å²) in [4.78, 5) is 2.62. The summed E-state index contributed by atoms with van der Waals surface area (Å²) in [6, 6.07) is 0.612. The predicted molar refractivity (Wildman–Crippen MR) is 75.7 cm³/mol. The van der Waals surface area contributed by atoms with Gasteiger partial charge in [0, 0.05) is 25.8 Å². The molecule has 0 aromatic heterocycles. The molecule has 1 aliphatic carbocycles. The lowest BCUT2D eigenvalue weighted by Crippen LogP contribution is -2.35. The number of methoxy groups -OCH3 is 1. The van der Waals surface area contributed by atoms with Crippen molar-refractivity contribution in [3.05, 3.63) is 23.0 Å². The summed E-state index contributed by atoms with van der Waals surface area (Å²) in [7, 11) is 0.620. The van der Waals surface area contributed by atoms with Crippen LogP contribution in [-0.2, 0) is 4.74 Å². The Morgan fingerprint density at radius 1 is 1.41 bits per heavy atom. The predicted octanol–water partition coefficient (Wildman–Crippen LogP) is 3.19. The number of nitrogens with zero attached hydrogens (tertiary/aromatic N) is 1. The van der Waals surface area contributed by atoms with Crippen LogP contribution in [0.1, 0.15) is 19.3 Å². The van der Waals surface area contributed by atoms with E-state index in [1.807, 2.05) is 7.11 Å². The Hall–Kier alpha value is -0.543. The van der Waals surface area contributed by atoms with Crippen molar-refractivity contribution < 1.29 is 4.74 Å². The van der Waals surface area contributed by atoms with Gasteiger partial charge in [0.05, 0.1) is 20.7 Å². The van der Waals surface area contributed by atoms with Crippen LogP contribution in [-0.4, -0.2) is 39.3 Å². The van der Waals surface area contributed by atoms with Gasteiger partial charge < -0.3 is 9.64 Å². The lowest BCUT2D eigenvalue weighted by Gasteiger charge is -2.31. The van der Waals surface area contributed by atoms with Gasteiger partial charge in [0.25, 0.3) is 0 Å². The zero-order valence-corrected chi connectivity index (χ0v) is 12.6. The molecular weight excluding hydrogens is 226 g/mol. The molecule has 2 nitrogen and oxygen atoms in total. The SMILES string of the molecule is COC[C@@H]1CCCN1C1=C([Si](C)(C)C)C=CC1. The molecule has 1 aliphatic heterocycles. The van der Waals surface area contributed by atoms with E-state index in [9.17, 15) is 0 Å². The summed E-state index contributed by atoms with van der Waals surface area (Å²) in [6.07, 6.45) is 8.46. The van der Waals surface area contributed by atoms with Crippen molar-refractivity contribution in [1.82, 2.24) is 4.90 Å². The fourth-order valence-corrected chi connectivity index (χ4v) is 4.74. The Morgan fingerprint density at radius 3 is 2.82 bits per heavy atom. The normalized spacial score (nSPS) is 25.2. The van der Waals surface area contributed by atoms with Crippen LogP contribution >= 0.6 is 0 Å². The van der Waals surface area contributed by atoms with E-state index in [1.54, 1.807) is 10.9 Å². The van der Waals surface area contributed by atoms with E-state index in [2.05, 4.69) is 36.7 Å². The molecule has 0 radical (unpaired) electrons. The van der Waals surface area contributed by atoms with Gasteiger partial charge in [-0.2, -0.15) is 0 Å². The molecule has 0 aromatic carbocycles. The molecule has 1 saturated heterocycles. The summed E-state index contributed by atoms with van der Waals surface area (Å²) in [6.45, 7) is 9.43. The second-order valence-corrected chi connectivity index (χ2v) is 11.2. The Labute approximate surface area is 106 Å². The highest BCUT2D eigenvalue weighted by Gasteiger charge is 2.32. The van der Waals surface area contributed by atoms with E-state index < -0.39 is 8.07 Å². The zero-order chi connectivity index (χ0) is 12.5. The van der Waals surface area contributed by atoms with Crippen LogP contribution in [0.5, 0.6) is 0 Å². The van der Waals surface area contributed by atoms with E-state index in [4.69, 9.17) is 4.74 Å². The molecule has 3 heteroatoms. The number of allylic oxidation sites excluding steroid dienone is 3. The second kappa shape index (κ2) is 4.98. The topological polar surface area (TPSA) is 12.5 Å². The second-order valence-electron chi connectivity index (χ2n) is 6.16. The molecule has 1 heterocycles. The average Bonchev–Trinajstić information content (AvgIpc) is 2.82. The van der Waals surface area contributed by atoms with Crippen molar-refractivity contribution in [3.63, 3.8) is 0 Å². The molecule has 17 heavy (non-hydrogen) atoms. The van der Waals surface area contributed by atoms with Crippen molar-refractivity contribution in [2.45, 2.75) is 44.9 Å². The van der Waals surface area contributed by atoms with Crippen molar-refractivity contribution >= 4 is 8.07 Å². The molecule has 0 unspecified atom stereocenters. The molecule has 0 bridgehead atoms. The van der Waals surface area contributed by atoms with Crippen LogP contribution in [0.4, 0.5) is 0 Å². The van der Waals surface area contributed by atoms with E-state index in [0.29, 0.717) is 6.04 Å². The van der Waals surface area contributed by atoms with Crippen molar-refractivity contribution in [1.29, 1.82) is 0 Å². The Morgan fingerprint density at radius 2 is 2.18 bits per heavy atom. The van der Waals surface area contributed by atoms with Gasteiger partial charge in [-0.05, 0) is 18.0 Å². The van der Waals surface area contributed by atoms with E-state index in [-0.39, 0.29) is 0 Å². The van der Waals surface area contributed by atoms with Crippen LogP contribution < -0.4 is 0 Å². The minimum atomic E-state index is -1.20. The monoisotopic (exact) mass is 251 g/mol. The molecule has 0 N–H and O–H groups in total. The standard InChI is InChI=1S/C14H25NOSi/c1-16-11-12-7-6-10-15(12)13-8-5-9-14(13)17(2,3)4/h5,9,12H,6-8,10-11H2,1-4H3/t12-/m0/s1. The largest absolute Gasteiger partial charge is 0.383 e. The van der Waals surface area contributed by atoms with Gasteiger partial charge in [-0.15, -0.1) is 0 Å². The third-order valence-corrected chi connectivity index (χ3v) is 5.87. The van der Waals surface area contributed by atoms with Crippen LogP contribution in [0.2, 0.25) is 19.6 Å². The first kappa shape index (κ1) is 12.9. The van der Waals surface area contributed by atoms with Gasteiger partial charge in [0.15, 0.2) is 0 Å². The van der Waals surface area contributed by atoms with Gasteiger partial charge in [0.1, 0.15) is 0 Å². The molecule has 1 atom stereocenters. The summed E-state index contributed by atoms with van der Waals surface area (Å²) >= 11 is 0. The van der Waals surface area contributed by atoms with Crippen LogP contribution in [0, 0.1) is 0 Å². The molecule has 0 aromatic rings. The maximum absolute atomic E-state index is 5.36. The number of hydrogen-bond acceptors (Lipinski definition) is 2. The summed E-state index contributed by atoms with van der Waals surface area (Å²) in [5.41, 5.74) is 1.60. The molecule has 96 valence electrons. The third-order valence-electron chi connectivity index (χ3n) is 3.80. The summed E-state index contributed by atoms with van der Waals surface area (Å²) in [5, 5.41) is 1.65. The first-order valence-corrected chi connectivity index (χ1v) is 10.2. The summed E-state index contributed by atoms with van der Waals surface area (Å²) < 4.78 is 5.36. The van der Waals surface area contributed by atoms with Gasteiger partial charge in [-0.3, -0.25) is 0 Å². The van der Waals surface area contributed by atoms with E-state index in [0.717, 1.165) is 13.0 Å². The van der Waals surface area contributed by atoms with Crippen LogP contribution in [0.15, 0.2) is 23.0 Å². The molecule has 0 spiro atoms. The molecule has 2 aliphatic rings. The minimum absolute atomic E-state index is 0.612. The maximum Gasteiger partial charge on any atom is 0.0798 e. The number of likely N-dealkylation sites (tertiary alicyclic amines) is 1. The average molecular weight is 251 g/mol. The van der Waals surface area contributed by atoms with Crippen molar-refractivity contribution in [3.8, 4) is 0 Å². The first-order chi connectivity index (χ1) is 8.04. The lowest BCUT2D eigenvalue weighted by molar-refractivity contribution is 0.131. The number of hydrogen-bond donors (Lipinski definition) is 0. The minimum Gasteiger partial charge on any atom is -0.383 e. The molecule has 0 saturated carbocycles. The molecular formula is C14H25NOSi. The first-order valence-electron chi connectivity index (χ1n) is 6.70. The highest BCUT2D eigenvalue weighted by atomic mass is 28.3. The van der Waals surface area contributed by atoms with E-state index in [1.165, 1.54) is 19.4 Å². The van der Waals surface area contributed by atoms with Crippen molar-refractivity contribution in [2.24, 2.45) is 0 Å². The fraction of sp³-hybridized carbons (Fsp3) is 0.714. The maximum atomic E-state index is 5.36. The fourth-order valence-electron chi connectivity index (χ4n) is 3.01. The van der Waals surface area contributed by atoms with Gasteiger partial charge in [-0.1, -0.05) is 31.8 Å². The van der Waals surface area contributed by atoms with Gasteiger partial charge in [-0.25, -0.2) is 0 Å². The highest BCUT2D eigenvalue weighted by Crippen LogP contribution is 2.34. The third kappa shape index (κ3) is 2.66. The quantitative estimate of drug-likeness (QED) is 0.712. The number of ether oxygens (including phenoxy) is 1. The van der Waals surface area contributed by atoms with Gasteiger partial charge in [0.2, 0.25) is 0 Å².